The molecule has 0 bridgehead atoms. The van der Waals surface area contributed by atoms with Crippen molar-refractivity contribution in [2.45, 2.75) is 42.6 Å². The number of thioether (sulfide) groups is 1. The minimum atomic E-state index is -0.428. The molecule has 2 N–H and O–H groups in total. The van der Waals surface area contributed by atoms with E-state index in [0.29, 0.717) is 0 Å². The van der Waals surface area contributed by atoms with Gasteiger partial charge in [-0.2, -0.15) is 0 Å². The fourth-order valence-electron chi connectivity index (χ4n) is 2.57. The lowest BCUT2D eigenvalue weighted by atomic mass is 10.1. The second kappa shape index (κ2) is 6.30. The van der Waals surface area contributed by atoms with Gasteiger partial charge in [0.05, 0.1) is 0 Å². The molecule has 21 heavy (non-hydrogen) atoms. The summed E-state index contributed by atoms with van der Waals surface area (Å²) in [6.07, 6.45) is 4.46. The molecule has 0 spiro atoms. The van der Waals surface area contributed by atoms with Gasteiger partial charge in [-0.15, -0.1) is 10.2 Å². The van der Waals surface area contributed by atoms with Crippen molar-refractivity contribution < 1.29 is 4.79 Å². The zero-order chi connectivity index (χ0) is 14.7. The molecule has 1 amide bonds. The predicted molar refractivity (Wildman–Crippen MR) is 81.8 cm³/mol. The lowest BCUT2D eigenvalue weighted by Gasteiger charge is -2.13. The highest BCUT2D eigenvalue weighted by Gasteiger charge is 2.24. The Hall–Kier alpha value is -1.82. The van der Waals surface area contributed by atoms with E-state index >= 15 is 0 Å². The molecular weight excluding hydrogens is 284 g/mol. The first kappa shape index (κ1) is 14.1. The van der Waals surface area contributed by atoms with Gasteiger partial charge in [-0.3, -0.25) is 4.79 Å². The Morgan fingerprint density at radius 3 is 2.76 bits per heavy atom. The summed E-state index contributed by atoms with van der Waals surface area (Å²) in [5, 5.41) is 8.88. The molecule has 110 valence electrons. The molecule has 2 aromatic rings. The Labute approximate surface area is 127 Å². The number of carbonyl (C=O) groups is 1. The maximum Gasteiger partial charge on any atom is 0.235 e. The fourth-order valence-corrected chi connectivity index (χ4v) is 3.60. The van der Waals surface area contributed by atoms with E-state index < -0.39 is 5.25 Å². The van der Waals surface area contributed by atoms with E-state index in [-0.39, 0.29) is 5.91 Å². The van der Waals surface area contributed by atoms with Gasteiger partial charge in [-0.25, -0.2) is 0 Å². The first-order valence-electron chi connectivity index (χ1n) is 7.18. The van der Waals surface area contributed by atoms with Gasteiger partial charge in [0, 0.05) is 13.0 Å². The Morgan fingerprint density at radius 1 is 1.19 bits per heavy atom. The number of hydrogen-bond donors (Lipinski definition) is 1. The number of fused-ring (bicyclic) bond motifs is 1. The molecule has 1 unspecified atom stereocenters. The zero-order valence-electron chi connectivity index (χ0n) is 11.7. The van der Waals surface area contributed by atoms with Crippen LogP contribution in [0.25, 0.3) is 0 Å². The molecule has 0 saturated heterocycles. The smallest absolute Gasteiger partial charge is 0.235 e. The molecule has 5 nitrogen and oxygen atoms in total. The third-order valence-electron chi connectivity index (χ3n) is 3.66. The van der Waals surface area contributed by atoms with Gasteiger partial charge in [-0.05, 0) is 18.4 Å². The van der Waals surface area contributed by atoms with Gasteiger partial charge in [0.2, 0.25) is 5.91 Å². The van der Waals surface area contributed by atoms with Gasteiger partial charge < -0.3 is 10.3 Å². The number of carbonyl (C=O) groups excluding carboxylic acids is 1. The average Bonchev–Trinajstić information content (AvgIpc) is 2.72. The van der Waals surface area contributed by atoms with Crippen LogP contribution in [-0.4, -0.2) is 20.7 Å². The summed E-state index contributed by atoms with van der Waals surface area (Å²) in [4.78, 5) is 11.8. The molecule has 3 rings (SSSR count). The van der Waals surface area contributed by atoms with Gasteiger partial charge in [0.25, 0.3) is 0 Å². The number of aryl methyl sites for hydroxylation is 1. The van der Waals surface area contributed by atoms with E-state index in [1.165, 1.54) is 18.2 Å². The summed E-state index contributed by atoms with van der Waals surface area (Å²) >= 11 is 1.40. The summed E-state index contributed by atoms with van der Waals surface area (Å²) in [7, 11) is 0. The third kappa shape index (κ3) is 3.10. The van der Waals surface area contributed by atoms with Crippen molar-refractivity contribution in [2.75, 3.05) is 0 Å². The number of rotatable bonds is 4. The van der Waals surface area contributed by atoms with Crippen LogP contribution in [0.4, 0.5) is 0 Å². The van der Waals surface area contributed by atoms with Gasteiger partial charge >= 0.3 is 0 Å². The number of primary amides is 1. The molecule has 0 radical (unpaired) electrons. The Kier molecular flexibility index (Phi) is 4.24. The first-order valence-corrected chi connectivity index (χ1v) is 8.06. The Bertz CT molecular complexity index is 626. The van der Waals surface area contributed by atoms with E-state index in [1.807, 2.05) is 30.3 Å². The lowest BCUT2D eigenvalue weighted by Crippen LogP contribution is -2.19. The Morgan fingerprint density at radius 2 is 2.00 bits per heavy atom. The monoisotopic (exact) mass is 302 g/mol. The van der Waals surface area contributed by atoms with E-state index in [1.54, 1.807) is 0 Å². The molecule has 1 aromatic carbocycles. The highest BCUT2D eigenvalue weighted by molar-refractivity contribution is 8.00. The molecule has 0 saturated carbocycles. The molecular formula is C15H18N4OS. The molecule has 2 heterocycles. The average molecular weight is 302 g/mol. The van der Waals surface area contributed by atoms with Crippen LogP contribution in [0.2, 0.25) is 0 Å². The molecule has 0 fully saturated rings. The molecule has 1 aromatic heterocycles. The van der Waals surface area contributed by atoms with Crippen LogP contribution >= 0.6 is 11.8 Å². The third-order valence-corrected chi connectivity index (χ3v) is 4.91. The van der Waals surface area contributed by atoms with Crippen molar-refractivity contribution >= 4 is 17.7 Å². The number of aromatic nitrogens is 3. The largest absolute Gasteiger partial charge is 0.368 e. The van der Waals surface area contributed by atoms with Crippen molar-refractivity contribution in [3.63, 3.8) is 0 Å². The van der Waals surface area contributed by atoms with Crippen LogP contribution in [0, 0.1) is 0 Å². The number of nitrogens with two attached hydrogens (primary N) is 1. The van der Waals surface area contributed by atoms with Crippen molar-refractivity contribution in [3.8, 4) is 0 Å². The normalized spacial score (nSPS) is 16.0. The molecule has 1 atom stereocenters. The molecule has 0 aliphatic carbocycles. The SMILES string of the molecule is NC(=O)C(Sc1nnc2n1CCCCC2)c1ccccc1. The molecule has 1 aliphatic rings. The maximum absolute atomic E-state index is 11.8. The summed E-state index contributed by atoms with van der Waals surface area (Å²) in [6, 6.07) is 9.59. The van der Waals surface area contributed by atoms with Crippen molar-refractivity contribution in [3.05, 3.63) is 41.7 Å². The molecule has 1 aliphatic heterocycles. The van der Waals surface area contributed by atoms with E-state index in [2.05, 4.69) is 14.8 Å². The summed E-state index contributed by atoms with van der Waals surface area (Å²) < 4.78 is 2.14. The van der Waals surface area contributed by atoms with E-state index in [9.17, 15) is 4.79 Å². The van der Waals surface area contributed by atoms with Crippen LogP contribution in [0.1, 0.15) is 35.9 Å². The quantitative estimate of drug-likeness (QED) is 0.880. The van der Waals surface area contributed by atoms with Gasteiger partial charge in [0.15, 0.2) is 5.16 Å². The summed E-state index contributed by atoms with van der Waals surface area (Å²) in [5.74, 6) is 0.670. The van der Waals surface area contributed by atoms with Gasteiger partial charge in [0.1, 0.15) is 11.1 Å². The second-order valence-corrected chi connectivity index (χ2v) is 6.24. The maximum atomic E-state index is 11.8. The van der Waals surface area contributed by atoms with Crippen molar-refractivity contribution in [2.24, 2.45) is 5.73 Å². The standard InChI is InChI=1S/C15H18N4OS/c16-14(20)13(11-7-3-1-4-8-11)21-15-18-17-12-9-5-2-6-10-19(12)15/h1,3-4,7-8,13H,2,5-6,9-10H2,(H2,16,20). The number of hydrogen-bond acceptors (Lipinski definition) is 4. The summed E-state index contributed by atoms with van der Waals surface area (Å²) in [5.41, 5.74) is 6.48. The van der Waals surface area contributed by atoms with E-state index in [4.69, 9.17) is 5.73 Å². The van der Waals surface area contributed by atoms with Crippen LogP contribution in [0.3, 0.4) is 0 Å². The zero-order valence-corrected chi connectivity index (χ0v) is 12.6. The van der Waals surface area contributed by atoms with Crippen LogP contribution in [0.15, 0.2) is 35.5 Å². The highest BCUT2D eigenvalue weighted by Crippen LogP contribution is 2.35. The minimum Gasteiger partial charge on any atom is -0.368 e. The number of benzene rings is 1. The second-order valence-electron chi connectivity index (χ2n) is 5.17. The molecule has 6 heteroatoms. The van der Waals surface area contributed by atoms with Crippen LogP contribution in [0.5, 0.6) is 0 Å². The Balaban J connectivity index is 1.87. The fraction of sp³-hybridized carbons (Fsp3) is 0.400. The minimum absolute atomic E-state index is 0.350. The van der Waals surface area contributed by atoms with Crippen molar-refractivity contribution in [1.82, 2.24) is 14.8 Å². The predicted octanol–water partition coefficient (Wildman–Crippen LogP) is 2.32. The van der Waals surface area contributed by atoms with Crippen molar-refractivity contribution in [1.29, 1.82) is 0 Å². The topological polar surface area (TPSA) is 73.8 Å². The van der Waals surface area contributed by atoms with Crippen LogP contribution < -0.4 is 5.73 Å². The lowest BCUT2D eigenvalue weighted by molar-refractivity contribution is -0.117. The number of nitrogens with zero attached hydrogens (tertiary/aromatic N) is 3. The van der Waals surface area contributed by atoms with Crippen LogP contribution in [-0.2, 0) is 17.8 Å². The highest BCUT2D eigenvalue weighted by atomic mass is 32.2. The number of amides is 1. The summed E-state index contributed by atoms with van der Waals surface area (Å²) in [6.45, 7) is 0.922. The first-order chi connectivity index (χ1) is 10.3. The van der Waals surface area contributed by atoms with E-state index in [0.717, 1.165) is 42.4 Å². The van der Waals surface area contributed by atoms with Gasteiger partial charge in [-0.1, -0.05) is 48.5 Å².